The van der Waals surface area contributed by atoms with Gasteiger partial charge < -0.3 is 9.84 Å². The van der Waals surface area contributed by atoms with Gasteiger partial charge in [0.05, 0.1) is 12.7 Å². The number of carboxylic acids is 1. The number of carbonyl (C=O) groups excluding carboxylic acids is 1. The third-order valence-electron chi connectivity index (χ3n) is 2.01. The van der Waals surface area contributed by atoms with Crippen molar-refractivity contribution in [3.8, 4) is 5.75 Å². The Labute approximate surface area is 81.1 Å². The van der Waals surface area contributed by atoms with Gasteiger partial charge in [-0.25, -0.2) is 4.79 Å². The number of aromatic carboxylic acids is 1. The van der Waals surface area contributed by atoms with Crippen LogP contribution >= 0.6 is 0 Å². The summed E-state index contributed by atoms with van der Waals surface area (Å²) in [4.78, 5) is 21.4. The number of hydrogen-bond donors (Lipinski definition) is 1. The van der Waals surface area contributed by atoms with Gasteiger partial charge in [0.2, 0.25) is 0 Å². The van der Waals surface area contributed by atoms with Crippen LogP contribution in [0.4, 0.5) is 0 Å². The average Bonchev–Trinajstić information content (AvgIpc) is 2.17. The fourth-order valence-corrected chi connectivity index (χ4v) is 1.17. The maximum atomic E-state index is 10.8. The molecule has 4 nitrogen and oxygen atoms in total. The highest BCUT2D eigenvalue weighted by molar-refractivity contribution is 5.93. The third kappa shape index (κ3) is 1.74. The number of carbonyl (C=O) groups is 2. The van der Waals surface area contributed by atoms with Gasteiger partial charge in [-0.15, -0.1) is 0 Å². The van der Waals surface area contributed by atoms with E-state index in [9.17, 15) is 9.59 Å². The van der Waals surface area contributed by atoms with Crippen LogP contribution in [0.3, 0.4) is 0 Å². The molecule has 0 aromatic heterocycles. The molecule has 1 aromatic carbocycles. The molecule has 0 saturated carbocycles. The highest BCUT2D eigenvalue weighted by atomic mass is 16.5. The monoisotopic (exact) mass is 194 g/mol. The van der Waals surface area contributed by atoms with Crippen molar-refractivity contribution < 1.29 is 19.4 Å². The molecule has 0 amide bonds. The van der Waals surface area contributed by atoms with Crippen LogP contribution in [0.15, 0.2) is 12.1 Å². The predicted octanol–water partition coefficient (Wildman–Crippen LogP) is 1.51. The van der Waals surface area contributed by atoms with E-state index in [0.29, 0.717) is 23.2 Å². The molecule has 1 aromatic rings. The van der Waals surface area contributed by atoms with Crippen molar-refractivity contribution in [2.45, 2.75) is 6.92 Å². The molecule has 0 radical (unpaired) electrons. The Bertz CT molecular complexity index is 382. The highest BCUT2D eigenvalue weighted by Crippen LogP contribution is 2.20. The lowest BCUT2D eigenvalue weighted by molar-refractivity contribution is 0.0695. The number of hydrogen-bond acceptors (Lipinski definition) is 3. The lowest BCUT2D eigenvalue weighted by Gasteiger charge is -2.07. The summed E-state index contributed by atoms with van der Waals surface area (Å²) < 4.78 is 4.88. The van der Waals surface area contributed by atoms with Crippen LogP contribution in [0.5, 0.6) is 5.75 Å². The standard InChI is InChI=1S/C10H10O4/c1-6-7(5-11)3-8(14-2)4-9(6)10(12)13/h3-5H,1-2H3,(H,12,13). The Hall–Kier alpha value is -1.84. The van der Waals surface area contributed by atoms with E-state index < -0.39 is 5.97 Å². The van der Waals surface area contributed by atoms with Gasteiger partial charge in [-0.1, -0.05) is 0 Å². The molecule has 0 aliphatic rings. The molecule has 1 rings (SSSR count). The summed E-state index contributed by atoms with van der Waals surface area (Å²) in [6, 6.07) is 2.90. The van der Waals surface area contributed by atoms with Gasteiger partial charge in [0.1, 0.15) is 12.0 Å². The Morgan fingerprint density at radius 1 is 1.50 bits per heavy atom. The van der Waals surface area contributed by atoms with E-state index in [2.05, 4.69) is 0 Å². The van der Waals surface area contributed by atoms with Crippen LogP contribution < -0.4 is 4.74 Å². The zero-order valence-corrected chi connectivity index (χ0v) is 7.90. The van der Waals surface area contributed by atoms with Gasteiger partial charge in [0, 0.05) is 5.56 Å². The molecule has 0 heterocycles. The minimum Gasteiger partial charge on any atom is -0.497 e. The maximum absolute atomic E-state index is 10.8. The molecular formula is C10H10O4. The fraction of sp³-hybridized carbons (Fsp3) is 0.200. The highest BCUT2D eigenvalue weighted by Gasteiger charge is 2.12. The molecule has 0 aliphatic heterocycles. The van der Waals surface area contributed by atoms with Crippen LogP contribution in [0, 0.1) is 6.92 Å². The Balaban J connectivity index is 3.41. The Morgan fingerprint density at radius 2 is 2.14 bits per heavy atom. The first-order valence-corrected chi connectivity index (χ1v) is 3.97. The first-order chi connectivity index (χ1) is 6.60. The van der Waals surface area contributed by atoms with Crippen LogP contribution in [0.2, 0.25) is 0 Å². The lowest BCUT2D eigenvalue weighted by atomic mass is 10.0. The minimum absolute atomic E-state index is 0.0893. The quantitative estimate of drug-likeness (QED) is 0.741. The second-order valence-electron chi connectivity index (χ2n) is 2.81. The molecule has 0 aliphatic carbocycles. The summed E-state index contributed by atoms with van der Waals surface area (Å²) in [6.07, 6.45) is 0.615. The molecular weight excluding hydrogens is 184 g/mol. The van der Waals surface area contributed by atoms with E-state index in [1.165, 1.54) is 19.2 Å². The van der Waals surface area contributed by atoms with Gasteiger partial charge in [-0.3, -0.25) is 4.79 Å². The molecule has 0 spiro atoms. The summed E-state index contributed by atoms with van der Waals surface area (Å²) >= 11 is 0. The lowest BCUT2D eigenvalue weighted by Crippen LogP contribution is -2.03. The second-order valence-corrected chi connectivity index (χ2v) is 2.81. The van der Waals surface area contributed by atoms with E-state index in [4.69, 9.17) is 9.84 Å². The van der Waals surface area contributed by atoms with Crippen LogP contribution in [-0.2, 0) is 0 Å². The average molecular weight is 194 g/mol. The largest absolute Gasteiger partial charge is 0.497 e. The number of methoxy groups -OCH3 is 1. The molecule has 0 bridgehead atoms. The summed E-state index contributed by atoms with van der Waals surface area (Å²) in [5.41, 5.74) is 0.876. The van der Waals surface area contributed by atoms with Gasteiger partial charge in [0.25, 0.3) is 0 Å². The topological polar surface area (TPSA) is 63.6 Å². The van der Waals surface area contributed by atoms with Crippen LogP contribution in [0.25, 0.3) is 0 Å². The summed E-state index contributed by atoms with van der Waals surface area (Å²) in [6.45, 7) is 1.59. The summed E-state index contributed by atoms with van der Waals surface area (Å²) in [5.74, 6) is -0.695. The van der Waals surface area contributed by atoms with Crippen LogP contribution in [0.1, 0.15) is 26.3 Å². The van der Waals surface area contributed by atoms with Crippen molar-refractivity contribution in [1.29, 1.82) is 0 Å². The number of rotatable bonds is 3. The van der Waals surface area contributed by atoms with Gasteiger partial charge >= 0.3 is 5.97 Å². The minimum atomic E-state index is -1.07. The molecule has 14 heavy (non-hydrogen) atoms. The number of aldehydes is 1. The Morgan fingerprint density at radius 3 is 2.57 bits per heavy atom. The molecule has 0 unspecified atom stereocenters. The third-order valence-corrected chi connectivity index (χ3v) is 2.01. The van der Waals surface area contributed by atoms with Crippen molar-refractivity contribution in [2.24, 2.45) is 0 Å². The zero-order chi connectivity index (χ0) is 10.7. The van der Waals surface area contributed by atoms with Crippen molar-refractivity contribution in [3.63, 3.8) is 0 Å². The molecule has 0 saturated heterocycles. The van der Waals surface area contributed by atoms with Gasteiger partial charge in [-0.05, 0) is 24.6 Å². The number of ether oxygens (including phenoxy) is 1. The summed E-state index contributed by atoms with van der Waals surface area (Å²) in [5, 5.41) is 8.83. The van der Waals surface area contributed by atoms with E-state index >= 15 is 0 Å². The SMILES string of the molecule is COc1cc(C=O)c(C)c(C(=O)O)c1. The smallest absolute Gasteiger partial charge is 0.336 e. The number of carboxylic acid groups (broad SMARTS) is 1. The molecule has 0 atom stereocenters. The molecule has 74 valence electrons. The first kappa shape index (κ1) is 10.2. The predicted molar refractivity (Wildman–Crippen MR) is 50.1 cm³/mol. The van der Waals surface area contributed by atoms with E-state index in [-0.39, 0.29) is 5.56 Å². The van der Waals surface area contributed by atoms with Gasteiger partial charge in [0.15, 0.2) is 0 Å². The Kier molecular flexibility index (Phi) is 2.86. The molecule has 4 heteroatoms. The number of benzene rings is 1. The fourth-order valence-electron chi connectivity index (χ4n) is 1.17. The van der Waals surface area contributed by atoms with E-state index in [1.807, 2.05) is 0 Å². The van der Waals surface area contributed by atoms with E-state index in [1.54, 1.807) is 6.92 Å². The second kappa shape index (κ2) is 3.91. The van der Waals surface area contributed by atoms with Crippen molar-refractivity contribution in [2.75, 3.05) is 7.11 Å². The molecule has 1 N–H and O–H groups in total. The van der Waals surface area contributed by atoms with Crippen molar-refractivity contribution in [3.05, 3.63) is 28.8 Å². The van der Waals surface area contributed by atoms with Crippen LogP contribution in [-0.4, -0.2) is 24.5 Å². The normalized spacial score (nSPS) is 9.57. The first-order valence-electron chi connectivity index (χ1n) is 3.97. The molecule has 0 fully saturated rings. The van der Waals surface area contributed by atoms with E-state index in [0.717, 1.165) is 0 Å². The summed E-state index contributed by atoms with van der Waals surface area (Å²) in [7, 11) is 1.42. The van der Waals surface area contributed by atoms with Crippen molar-refractivity contribution in [1.82, 2.24) is 0 Å². The maximum Gasteiger partial charge on any atom is 0.336 e. The van der Waals surface area contributed by atoms with Gasteiger partial charge in [-0.2, -0.15) is 0 Å². The zero-order valence-electron chi connectivity index (χ0n) is 7.90. The van der Waals surface area contributed by atoms with Crippen molar-refractivity contribution >= 4 is 12.3 Å².